The molecule has 0 radical (unpaired) electrons. The first-order valence-electron chi connectivity index (χ1n) is 10.5. The number of carbonyl (C=O) groups is 2. The van der Waals surface area contributed by atoms with E-state index < -0.39 is 4.92 Å². The van der Waals surface area contributed by atoms with E-state index in [1.165, 1.54) is 25.3 Å². The number of hydrogen-bond acceptors (Lipinski definition) is 6. The molecule has 2 aromatic carbocycles. The SMILES string of the molecule is COc1ccc([N+](=O)[O-])cc1NC(=O)CCN1CCN(C(=O)Cc2ccccc2C)CC1. The summed E-state index contributed by atoms with van der Waals surface area (Å²) in [6.07, 6.45) is 0.642. The molecule has 1 fully saturated rings. The Balaban J connectivity index is 1.45. The normalized spacial score (nSPS) is 14.1. The first-order valence-corrected chi connectivity index (χ1v) is 10.5. The summed E-state index contributed by atoms with van der Waals surface area (Å²) in [7, 11) is 1.44. The number of nitrogens with zero attached hydrogens (tertiary/aromatic N) is 3. The molecule has 9 heteroatoms. The summed E-state index contributed by atoms with van der Waals surface area (Å²) in [6, 6.07) is 12.0. The summed E-state index contributed by atoms with van der Waals surface area (Å²) >= 11 is 0. The third-order valence-corrected chi connectivity index (χ3v) is 5.65. The van der Waals surface area contributed by atoms with Crippen molar-refractivity contribution in [2.45, 2.75) is 19.8 Å². The van der Waals surface area contributed by atoms with Crippen molar-refractivity contribution < 1.29 is 19.2 Å². The number of nitrogens with one attached hydrogen (secondary N) is 1. The molecule has 0 bridgehead atoms. The fourth-order valence-electron chi connectivity index (χ4n) is 3.68. The molecule has 3 rings (SSSR count). The number of nitro groups is 1. The number of amides is 2. The van der Waals surface area contributed by atoms with Crippen molar-refractivity contribution in [1.82, 2.24) is 9.80 Å². The minimum atomic E-state index is -0.519. The molecule has 0 aliphatic carbocycles. The monoisotopic (exact) mass is 440 g/mol. The predicted molar refractivity (Wildman–Crippen MR) is 121 cm³/mol. The van der Waals surface area contributed by atoms with Crippen LogP contribution < -0.4 is 10.1 Å². The second kappa shape index (κ2) is 10.7. The van der Waals surface area contributed by atoms with Crippen LogP contribution in [0.3, 0.4) is 0 Å². The van der Waals surface area contributed by atoms with Gasteiger partial charge < -0.3 is 15.0 Å². The molecule has 1 aliphatic heterocycles. The van der Waals surface area contributed by atoms with Gasteiger partial charge in [0.1, 0.15) is 5.75 Å². The Morgan fingerprint density at radius 2 is 1.84 bits per heavy atom. The molecule has 9 nitrogen and oxygen atoms in total. The number of aryl methyl sites for hydroxylation is 1. The van der Waals surface area contributed by atoms with Crippen LogP contribution in [0.4, 0.5) is 11.4 Å². The second-order valence-electron chi connectivity index (χ2n) is 7.77. The minimum absolute atomic E-state index is 0.118. The van der Waals surface area contributed by atoms with E-state index in [2.05, 4.69) is 10.2 Å². The minimum Gasteiger partial charge on any atom is -0.495 e. The van der Waals surface area contributed by atoms with Crippen LogP contribution in [0.25, 0.3) is 0 Å². The van der Waals surface area contributed by atoms with Gasteiger partial charge in [0.2, 0.25) is 11.8 Å². The molecule has 1 heterocycles. The second-order valence-corrected chi connectivity index (χ2v) is 7.77. The molecule has 0 saturated carbocycles. The number of nitro benzene ring substituents is 1. The number of ether oxygens (including phenoxy) is 1. The van der Waals surface area contributed by atoms with Crippen LogP contribution in [0.1, 0.15) is 17.5 Å². The Morgan fingerprint density at radius 3 is 2.50 bits per heavy atom. The molecule has 170 valence electrons. The number of non-ortho nitro benzene ring substituents is 1. The lowest BCUT2D eigenvalue weighted by atomic mass is 10.1. The molecule has 2 aromatic rings. The number of hydrogen-bond donors (Lipinski definition) is 1. The standard InChI is InChI=1S/C23H28N4O5/c1-17-5-3-4-6-18(17)15-23(29)26-13-11-25(12-14-26)10-9-22(28)24-20-16-19(27(30)31)7-8-21(20)32-2/h3-8,16H,9-15H2,1-2H3,(H,24,28). The Morgan fingerprint density at radius 1 is 1.12 bits per heavy atom. The van der Waals surface area contributed by atoms with Crippen molar-refractivity contribution in [3.63, 3.8) is 0 Å². The van der Waals surface area contributed by atoms with Crippen LogP contribution in [0, 0.1) is 17.0 Å². The average molecular weight is 441 g/mol. The summed E-state index contributed by atoms with van der Waals surface area (Å²) < 4.78 is 5.17. The maximum Gasteiger partial charge on any atom is 0.271 e. The summed E-state index contributed by atoms with van der Waals surface area (Å²) in [5.74, 6) is 0.237. The van der Waals surface area contributed by atoms with Crippen LogP contribution in [0.5, 0.6) is 5.75 Å². The van der Waals surface area contributed by atoms with Gasteiger partial charge in [0.15, 0.2) is 0 Å². The lowest BCUT2D eigenvalue weighted by Gasteiger charge is -2.34. The molecular formula is C23H28N4O5. The zero-order chi connectivity index (χ0) is 23.1. The number of benzene rings is 2. The smallest absolute Gasteiger partial charge is 0.271 e. The highest BCUT2D eigenvalue weighted by Crippen LogP contribution is 2.29. The topological polar surface area (TPSA) is 105 Å². The zero-order valence-corrected chi connectivity index (χ0v) is 18.4. The van der Waals surface area contributed by atoms with Gasteiger partial charge in [0, 0.05) is 51.3 Å². The third kappa shape index (κ3) is 6.04. The molecule has 32 heavy (non-hydrogen) atoms. The summed E-state index contributed by atoms with van der Waals surface area (Å²) in [6.45, 7) is 5.22. The van der Waals surface area contributed by atoms with Crippen molar-refractivity contribution in [3.8, 4) is 5.75 Å². The van der Waals surface area contributed by atoms with Crippen molar-refractivity contribution in [3.05, 3.63) is 63.7 Å². The fourth-order valence-corrected chi connectivity index (χ4v) is 3.68. The largest absolute Gasteiger partial charge is 0.495 e. The molecule has 0 atom stereocenters. The van der Waals surface area contributed by atoms with Gasteiger partial charge in [-0.05, 0) is 24.1 Å². The molecule has 2 amide bonds. The Hall–Kier alpha value is -3.46. The first-order chi connectivity index (χ1) is 15.4. The zero-order valence-electron chi connectivity index (χ0n) is 18.4. The van der Waals surface area contributed by atoms with E-state index in [9.17, 15) is 19.7 Å². The van der Waals surface area contributed by atoms with Crippen LogP contribution in [-0.2, 0) is 16.0 Å². The van der Waals surface area contributed by atoms with Gasteiger partial charge in [-0.25, -0.2) is 0 Å². The summed E-state index contributed by atoms with van der Waals surface area (Å²) in [4.78, 5) is 39.5. The Labute approximate surface area is 187 Å². The number of rotatable bonds is 8. The van der Waals surface area contributed by atoms with E-state index >= 15 is 0 Å². The van der Waals surface area contributed by atoms with Crippen LogP contribution in [0.2, 0.25) is 0 Å². The van der Waals surface area contributed by atoms with E-state index in [1.807, 2.05) is 36.1 Å². The van der Waals surface area contributed by atoms with Crippen LogP contribution >= 0.6 is 0 Å². The number of carbonyl (C=O) groups excluding carboxylic acids is 2. The van der Waals surface area contributed by atoms with Gasteiger partial charge in [-0.1, -0.05) is 24.3 Å². The maximum atomic E-state index is 12.6. The van der Waals surface area contributed by atoms with Gasteiger partial charge in [0.25, 0.3) is 5.69 Å². The van der Waals surface area contributed by atoms with Crippen molar-refractivity contribution >= 4 is 23.2 Å². The van der Waals surface area contributed by atoms with E-state index in [0.29, 0.717) is 44.9 Å². The van der Waals surface area contributed by atoms with Gasteiger partial charge in [-0.3, -0.25) is 24.6 Å². The Kier molecular flexibility index (Phi) is 7.77. The maximum absolute atomic E-state index is 12.6. The first kappa shape index (κ1) is 23.2. The highest BCUT2D eigenvalue weighted by atomic mass is 16.6. The lowest BCUT2D eigenvalue weighted by molar-refractivity contribution is -0.384. The molecule has 0 spiro atoms. The van der Waals surface area contributed by atoms with Crippen LogP contribution in [0.15, 0.2) is 42.5 Å². The average Bonchev–Trinajstić information content (AvgIpc) is 2.79. The van der Waals surface area contributed by atoms with Crippen molar-refractivity contribution in [2.75, 3.05) is 45.2 Å². The van der Waals surface area contributed by atoms with E-state index in [1.54, 1.807) is 0 Å². The molecule has 1 N–H and O–H groups in total. The lowest BCUT2D eigenvalue weighted by Crippen LogP contribution is -2.49. The van der Waals surface area contributed by atoms with Crippen molar-refractivity contribution in [2.24, 2.45) is 0 Å². The number of anilines is 1. The number of methoxy groups -OCH3 is 1. The quantitative estimate of drug-likeness (QED) is 0.500. The van der Waals surface area contributed by atoms with E-state index in [0.717, 1.165) is 11.1 Å². The predicted octanol–water partition coefficient (Wildman–Crippen LogP) is 2.63. The van der Waals surface area contributed by atoms with E-state index in [4.69, 9.17) is 4.74 Å². The highest BCUT2D eigenvalue weighted by molar-refractivity contribution is 5.92. The Bertz CT molecular complexity index is 986. The molecule has 1 saturated heterocycles. The highest BCUT2D eigenvalue weighted by Gasteiger charge is 2.22. The summed E-state index contributed by atoms with van der Waals surface area (Å²) in [5, 5.41) is 13.7. The van der Waals surface area contributed by atoms with Crippen LogP contribution in [-0.4, -0.2) is 66.4 Å². The molecule has 0 aromatic heterocycles. The van der Waals surface area contributed by atoms with Gasteiger partial charge >= 0.3 is 0 Å². The fraction of sp³-hybridized carbons (Fsp3) is 0.391. The summed E-state index contributed by atoms with van der Waals surface area (Å²) in [5.41, 5.74) is 2.32. The van der Waals surface area contributed by atoms with Crippen molar-refractivity contribution in [1.29, 1.82) is 0 Å². The van der Waals surface area contributed by atoms with Gasteiger partial charge in [-0.15, -0.1) is 0 Å². The molecule has 1 aliphatic rings. The molecular weight excluding hydrogens is 412 g/mol. The van der Waals surface area contributed by atoms with E-state index in [-0.39, 0.29) is 29.6 Å². The van der Waals surface area contributed by atoms with Gasteiger partial charge in [-0.2, -0.15) is 0 Å². The number of piperazine rings is 1. The molecule has 0 unspecified atom stereocenters. The third-order valence-electron chi connectivity index (χ3n) is 5.65. The van der Waals surface area contributed by atoms with Gasteiger partial charge in [0.05, 0.1) is 24.1 Å².